The highest BCUT2D eigenvalue weighted by atomic mass is 16.6. The summed E-state index contributed by atoms with van der Waals surface area (Å²) in [6.45, 7) is 15.4. The number of esters is 2. The minimum Gasteiger partial charge on any atom is -0.462 e. The van der Waals surface area contributed by atoms with Crippen LogP contribution in [0.15, 0.2) is 46.6 Å². The van der Waals surface area contributed by atoms with Gasteiger partial charge in [-0.3, -0.25) is 14.4 Å². The summed E-state index contributed by atoms with van der Waals surface area (Å²) in [5.74, 6) is -1.78. The number of carbonyl (C=O) groups excluding carboxylic acids is 3. The van der Waals surface area contributed by atoms with E-state index in [2.05, 4.69) is 45.9 Å². The Kier molecular flexibility index (Phi) is 11.2. The average molecular weight is 681 g/mol. The van der Waals surface area contributed by atoms with Crippen LogP contribution in [-0.2, 0) is 28.6 Å². The van der Waals surface area contributed by atoms with Crippen molar-refractivity contribution in [3.63, 3.8) is 0 Å². The molecular weight excluding hydrogens is 620 g/mol. The van der Waals surface area contributed by atoms with E-state index in [1.165, 1.54) is 6.92 Å². The number of allylic oxidation sites excluding steroid dienone is 7. The molecule has 2 fully saturated rings. The summed E-state index contributed by atoms with van der Waals surface area (Å²) in [5.41, 5.74) is 1.00. The van der Waals surface area contributed by atoms with Crippen LogP contribution < -0.4 is 0 Å². The van der Waals surface area contributed by atoms with Gasteiger partial charge in [0.25, 0.3) is 0 Å². The number of hydrogen-bond donors (Lipinski definition) is 2. The van der Waals surface area contributed by atoms with Gasteiger partial charge in [0, 0.05) is 37.5 Å². The minimum absolute atomic E-state index is 0.0213. The van der Waals surface area contributed by atoms with Gasteiger partial charge in [-0.1, -0.05) is 54.4 Å². The zero-order valence-corrected chi connectivity index (χ0v) is 31.1. The van der Waals surface area contributed by atoms with Crippen LogP contribution in [0.5, 0.6) is 0 Å². The van der Waals surface area contributed by atoms with Crippen LogP contribution in [0, 0.1) is 29.1 Å². The lowest BCUT2D eigenvalue weighted by molar-refractivity contribution is -0.216. The van der Waals surface area contributed by atoms with Crippen molar-refractivity contribution in [1.82, 2.24) is 0 Å². The Labute approximate surface area is 293 Å². The molecule has 8 heteroatoms. The molecular formula is C41H60O8. The Morgan fingerprint density at radius 1 is 0.959 bits per heavy atom. The zero-order valence-electron chi connectivity index (χ0n) is 31.1. The summed E-state index contributed by atoms with van der Waals surface area (Å²) in [5, 5.41) is 23.0. The van der Waals surface area contributed by atoms with Crippen LogP contribution in [0.2, 0.25) is 0 Å². The van der Waals surface area contributed by atoms with E-state index in [9.17, 15) is 24.6 Å². The lowest BCUT2D eigenvalue weighted by Gasteiger charge is -2.48. The Hall–Kier alpha value is -2.55. The maximum Gasteiger partial charge on any atom is 0.314 e. The van der Waals surface area contributed by atoms with Gasteiger partial charge in [-0.15, -0.1) is 0 Å². The Balaban J connectivity index is 1.66. The molecule has 2 saturated heterocycles. The average Bonchev–Trinajstić information content (AvgIpc) is 3.23. The highest BCUT2D eigenvalue weighted by molar-refractivity contribution is 5.96. The van der Waals surface area contributed by atoms with E-state index in [0.29, 0.717) is 51.4 Å². The summed E-state index contributed by atoms with van der Waals surface area (Å²) in [6, 6.07) is 0. The summed E-state index contributed by atoms with van der Waals surface area (Å²) in [6.07, 6.45) is 12.1. The van der Waals surface area contributed by atoms with Crippen molar-refractivity contribution in [1.29, 1.82) is 0 Å². The zero-order chi connectivity index (χ0) is 35.9. The lowest BCUT2D eigenvalue weighted by atomic mass is 9.54. The molecule has 0 aromatic heterocycles. The molecule has 49 heavy (non-hydrogen) atoms. The van der Waals surface area contributed by atoms with Gasteiger partial charge in [-0.05, 0) is 104 Å². The molecule has 0 spiro atoms. The molecule has 272 valence electrons. The fraction of sp³-hybridized carbons (Fsp3) is 0.732. The number of ketones is 1. The second kappa shape index (κ2) is 14.6. The molecule has 2 aliphatic carbocycles. The summed E-state index contributed by atoms with van der Waals surface area (Å²) < 4.78 is 19.0. The molecule has 0 unspecified atom stereocenters. The number of aliphatic hydroxyl groups is 2. The van der Waals surface area contributed by atoms with Gasteiger partial charge in [0.15, 0.2) is 5.78 Å². The van der Waals surface area contributed by atoms with E-state index in [1.807, 2.05) is 20.8 Å². The largest absolute Gasteiger partial charge is 0.462 e. The van der Waals surface area contributed by atoms with Crippen molar-refractivity contribution in [2.75, 3.05) is 0 Å². The van der Waals surface area contributed by atoms with Gasteiger partial charge in [-0.25, -0.2) is 0 Å². The standard InChI is InChI=1S/C41H60O8/c1-24(2)36-33(47-28(6)42)21-26(4)13-11-12-25(3)20-29(43)23-41-31-14-9-10-15-34-40(8,46)19-17-35(48-34)39(7,45)18-16-30(31)27(5)22-32(41)37(36)49-38(41)44/h9,13-14,20,24,31-37,45-46H,10-12,15-19,21-23H2,1-8H3/b14-9+,25-20-,26-13-/t31-,32+,33+,34+,35+,36+,37+,39-,40+,41+/m0/s1. The fourth-order valence-electron chi connectivity index (χ4n) is 9.76. The number of ether oxygens (including phenoxy) is 3. The van der Waals surface area contributed by atoms with Gasteiger partial charge >= 0.3 is 11.9 Å². The van der Waals surface area contributed by atoms with Crippen molar-refractivity contribution in [2.24, 2.45) is 29.1 Å². The third-order valence-corrected chi connectivity index (χ3v) is 12.5. The van der Waals surface area contributed by atoms with Crippen LogP contribution in [0.4, 0.5) is 0 Å². The van der Waals surface area contributed by atoms with Crippen LogP contribution in [0.25, 0.3) is 0 Å². The first-order valence-corrected chi connectivity index (χ1v) is 18.7. The second-order valence-electron chi connectivity index (χ2n) is 16.8. The lowest BCUT2D eigenvalue weighted by Crippen LogP contribution is -2.54. The SMILES string of the molecule is CC(=O)O[C@@H]1C/C(C)=C\CC/C(C)=C\C(=O)C[C@]23C(=O)O[C@@H]([C@@H]1C(C)C)[C@H]2CC(C)=C1CC[C@](C)(O)[C@H]2CC[C@@](C)(O)[C@@H](CC/C=C/[C@@H]13)O2. The molecule has 0 saturated carbocycles. The Bertz CT molecular complexity index is 1410. The van der Waals surface area contributed by atoms with Gasteiger partial charge < -0.3 is 24.4 Å². The molecule has 0 radical (unpaired) electrons. The molecule has 0 aromatic carbocycles. The molecule has 3 heterocycles. The van der Waals surface area contributed by atoms with E-state index in [0.717, 1.165) is 35.1 Å². The quantitative estimate of drug-likeness (QED) is 0.231. The maximum absolute atomic E-state index is 14.8. The summed E-state index contributed by atoms with van der Waals surface area (Å²) >= 11 is 0. The molecule has 5 rings (SSSR count). The monoisotopic (exact) mass is 680 g/mol. The smallest absolute Gasteiger partial charge is 0.314 e. The number of hydrogen-bond acceptors (Lipinski definition) is 8. The molecule has 2 N–H and O–H groups in total. The first-order chi connectivity index (χ1) is 23.0. The Morgan fingerprint density at radius 2 is 1.65 bits per heavy atom. The van der Waals surface area contributed by atoms with Gasteiger partial charge in [0.05, 0.1) is 28.8 Å². The number of carbonyl (C=O) groups is 3. The van der Waals surface area contributed by atoms with Crippen LogP contribution >= 0.6 is 0 Å². The van der Waals surface area contributed by atoms with Gasteiger partial charge in [0.2, 0.25) is 0 Å². The normalized spacial score (nSPS) is 43.7. The van der Waals surface area contributed by atoms with Crippen molar-refractivity contribution >= 4 is 17.7 Å². The first-order valence-electron chi connectivity index (χ1n) is 18.7. The summed E-state index contributed by atoms with van der Waals surface area (Å²) in [4.78, 5) is 41.4. The maximum atomic E-state index is 14.8. The third-order valence-electron chi connectivity index (χ3n) is 12.5. The van der Waals surface area contributed by atoms with Crippen LogP contribution in [0.3, 0.4) is 0 Å². The second-order valence-corrected chi connectivity index (χ2v) is 16.8. The highest BCUT2D eigenvalue weighted by Gasteiger charge is 2.65. The molecule has 0 amide bonds. The van der Waals surface area contributed by atoms with Crippen molar-refractivity contribution in [3.05, 3.63) is 46.6 Å². The van der Waals surface area contributed by atoms with E-state index in [-0.39, 0.29) is 41.9 Å². The van der Waals surface area contributed by atoms with E-state index < -0.39 is 47.0 Å². The topological polar surface area (TPSA) is 119 Å². The Morgan fingerprint density at radius 3 is 2.35 bits per heavy atom. The van der Waals surface area contributed by atoms with Crippen LogP contribution in [-0.4, -0.2) is 63.6 Å². The molecule has 10 atom stereocenters. The van der Waals surface area contributed by atoms with Crippen molar-refractivity contribution < 1.29 is 38.8 Å². The fourth-order valence-corrected chi connectivity index (χ4v) is 9.76. The molecule has 4 bridgehead atoms. The minimum atomic E-state index is -1.15. The molecule has 5 aliphatic rings. The van der Waals surface area contributed by atoms with Crippen LogP contribution in [0.1, 0.15) is 126 Å². The van der Waals surface area contributed by atoms with Gasteiger partial charge in [0.1, 0.15) is 12.2 Å². The summed E-state index contributed by atoms with van der Waals surface area (Å²) in [7, 11) is 0. The van der Waals surface area contributed by atoms with E-state index in [4.69, 9.17) is 14.2 Å². The number of rotatable bonds is 2. The molecule has 0 aromatic rings. The van der Waals surface area contributed by atoms with E-state index >= 15 is 0 Å². The highest BCUT2D eigenvalue weighted by Crippen LogP contribution is 2.60. The third kappa shape index (κ3) is 7.72. The van der Waals surface area contributed by atoms with Crippen molar-refractivity contribution in [2.45, 2.75) is 162 Å². The molecule has 8 nitrogen and oxygen atoms in total. The number of fused-ring (bicyclic) bond motifs is 3. The van der Waals surface area contributed by atoms with Crippen molar-refractivity contribution in [3.8, 4) is 0 Å². The molecule has 3 aliphatic heterocycles. The predicted molar refractivity (Wildman–Crippen MR) is 188 cm³/mol. The predicted octanol–water partition coefficient (Wildman–Crippen LogP) is 7.27. The first kappa shape index (κ1) is 37.7. The van der Waals surface area contributed by atoms with E-state index in [1.54, 1.807) is 6.08 Å². The van der Waals surface area contributed by atoms with Gasteiger partial charge in [-0.2, -0.15) is 0 Å².